The van der Waals surface area contributed by atoms with Gasteiger partial charge >= 0.3 is 5.97 Å². The van der Waals surface area contributed by atoms with Crippen molar-refractivity contribution in [2.75, 3.05) is 13.1 Å². The summed E-state index contributed by atoms with van der Waals surface area (Å²) in [5.41, 5.74) is 0.709. The number of carbonyl (C=O) groups is 1. The van der Waals surface area contributed by atoms with Crippen molar-refractivity contribution < 1.29 is 9.90 Å². The van der Waals surface area contributed by atoms with Crippen LogP contribution in [0.5, 0.6) is 0 Å². The quantitative estimate of drug-likeness (QED) is 0.903. The lowest BCUT2D eigenvalue weighted by Gasteiger charge is -2.42. The van der Waals surface area contributed by atoms with Gasteiger partial charge in [0.15, 0.2) is 0 Å². The van der Waals surface area contributed by atoms with Crippen molar-refractivity contribution in [2.45, 2.75) is 39.2 Å². The maximum absolute atomic E-state index is 11.6. The van der Waals surface area contributed by atoms with Crippen molar-refractivity contribution in [3.8, 4) is 0 Å². The zero-order valence-corrected chi connectivity index (χ0v) is 11.8. The lowest BCUT2D eigenvalue weighted by atomic mass is 9.77. The first-order chi connectivity index (χ1) is 9.09. The minimum Gasteiger partial charge on any atom is -0.481 e. The van der Waals surface area contributed by atoms with Crippen LogP contribution in [0.15, 0.2) is 30.3 Å². The van der Waals surface area contributed by atoms with E-state index in [9.17, 15) is 9.90 Å². The summed E-state index contributed by atoms with van der Waals surface area (Å²) in [4.78, 5) is 13.9. The molecule has 0 amide bonds. The summed E-state index contributed by atoms with van der Waals surface area (Å²) in [5.74, 6) is -0.639. The van der Waals surface area contributed by atoms with E-state index < -0.39 is 11.4 Å². The molecule has 3 nitrogen and oxygen atoms in total. The van der Waals surface area contributed by atoms with E-state index >= 15 is 0 Å². The van der Waals surface area contributed by atoms with Gasteiger partial charge in [-0.25, -0.2) is 0 Å². The molecule has 0 radical (unpaired) electrons. The van der Waals surface area contributed by atoms with Crippen molar-refractivity contribution in [1.29, 1.82) is 0 Å². The predicted octanol–water partition coefficient (Wildman–Crippen LogP) is 3.32. The lowest BCUT2D eigenvalue weighted by molar-refractivity contribution is -0.153. The molecule has 19 heavy (non-hydrogen) atoms. The molecule has 1 aliphatic heterocycles. The predicted molar refractivity (Wildman–Crippen MR) is 76.0 cm³/mol. The molecule has 0 aliphatic carbocycles. The second kappa shape index (κ2) is 5.74. The SMILES string of the molecule is CCC1(C(=O)O)CCCN(C(C)c2ccccc2)C1. The molecule has 104 valence electrons. The zero-order chi connectivity index (χ0) is 13.9. The molecule has 1 aliphatic rings. The molecule has 1 heterocycles. The molecule has 1 saturated heterocycles. The summed E-state index contributed by atoms with van der Waals surface area (Å²) >= 11 is 0. The molecule has 0 aromatic heterocycles. The van der Waals surface area contributed by atoms with Crippen LogP contribution in [0.2, 0.25) is 0 Å². The largest absolute Gasteiger partial charge is 0.481 e. The standard InChI is InChI=1S/C16H23NO2/c1-3-16(15(18)19)10-7-11-17(12-16)13(2)14-8-5-4-6-9-14/h4-6,8-9,13H,3,7,10-12H2,1-2H3,(H,18,19). The maximum atomic E-state index is 11.6. The number of hydrogen-bond donors (Lipinski definition) is 1. The molecule has 0 saturated carbocycles. The smallest absolute Gasteiger partial charge is 0.310 e. The average Bonchev–Trinajstić information content (AvgIpc) is 2.47. The Morgan fingerprint density at radius 3 is 2.68 bits per heavy atom. The molecule has 0 spiro atoms. The average molecular weight is 261 g/mol. The number of likely N-dealkylation sites (tertiary alicyclic amines) is 1. The van der Waals surface area contributed by atoms with E-state index in [1.165, 1.54) is 5.56 Å². The number of rotatable bonds is 4. The van der Waals surface area contributed by atoms with Gasteiger partial charge in [0.05, 0.1) is 5.41 Å². The van der Waals surface area contributed by atoms with E-state index in [2.05, 4.69) is 24.0 Å². The van der Waals surface area contributed by atoms with Crippen LogP contribution < -0.4 is 0 Å². The third-order valence-corrected chi connectivity index (χ3v) is 4.57. The number of hydrogen-bond acceptors (Lipinski definition) is 2. The van der Waals surface area contributed by atoms with Crippen molar-refractivity contribution >= 4 is 5.97 Å². The van der Waals surface area contributed by atoms with E-state index in [4.69, 9.17) is 0 Å². The molecule has 1 fully saturated rings. The Morgan fingerprint density at radius 2 is 2.11 bits per heavy atom. The van der Waals surface area contributed by atoms with Gasteiger partial charge in [0.2, 0.25) is 0 Å². The first-order valence-electron chi connectivity index (χ1n) is 7.11. The Labute approximate surface area is 115 Å². The molecule has 2 unspecified atom stereocenters. The van der Waals surface area contributed by atoms with Gasteiger partial charge in [0.1, 0.15) is 0 Å². The molecule has 2 atom stereocenters. The molecule has 0 bridgehead atoms. The highest BCUT2D eigenvalue weighted by atomic mass is 16.4. The van der Waals surface area contributed by atoms with Crippen LogP contribution >= 0.6 is 0 Å². The fourth-order valence-electron chi connectivity index (χ4n) is 3.05. The van der Waals surface area contributed by atoms with Crippen molar-refractivity contribution in [1.82, 2.24) is 4.90 Å². The van der Waals surface area contributed by atoms with Gasteiger partial charge in [-0.15, -0.1) is 0 Å². The summed E-state index contributed by atoms with van der Waals surface area (Å²) in [6.07, 6.45) is 2.48. The number of benzene rings is 1. The van der Waals surface area contributed by atoms with Crippen molar-refractivity contribution in [2.24, 2.45) is 5.41 Å². The summed E-state index contributed by atoms with van der Waals surface area (Å²) in [7, 11) is 0. The first-order valence-corrected chi connectivity index (χ1v) is 7.11. The summed E-state index contributed by atoms with van der Waals surface area (Å²) < 4.78 is 0. The van der Waals surface area contributed by atoms with E-state index in [1.807, 2.05) is 25.1 Å². The van der Waals surface area contributed by atoms with Gasteiger partial charge < -0.3 is 5.11 Å². The molecular formula is C16H23NO2. The number of nitrogens with zero attached hydrogens (tertiary/aromatic N) is 1. The highest BCUT2D eigenvalue weighted by molar-refractivity contribution is 5.75. The van der Waals surface area contributed by atoms with Crippen LogP contribution in [0, 0.1) is 5.41 Å². The van der Waals surface area contributed by atoms with E-state index in [0.29, 0.717) is 13.0 Å². The van der Waals surface area contributed by atoms with Gasteiger partial charge in [-0.2, -0.15) is 0 Å². The highest BCUT2D eigenvalue weighted by Gasteiger charge is 2.41. The fourth-order valence-corrected chi connectivity index (χ4v) is 3.05. The normalized spacial score (nSPS) is 26.0. The topological polar surface area (TPSA) is 40.5 Å². The van der Waals surface area contributed by atoms with Crippen molar-refractivity contribution in [3.05, 3.63) is 35.9 Å². The number of aliphatic carboxylic acids is 1. The molecule has 3 heteroatoms. The summed E-state index contributed by atoms with van der Waals surface area (Å²) in [5, 5.41) is 9.53. The van der Waals surface area contributed by atoms with E-state index in [0.717, 1.165) is 19.4 Å². The van der Waals surface area contributed by atoms with Crippen LogP contribution in [-0.2, 0) is 4.79 Å². The van der Waals surface area contributed by atoms with Gasteiger partial charge in [-0.05, 0) is 38.3 Å². The fraction of sp³-hybridized carbons (Fsp3) is 0.562. The Balaban J connectivity index is 2.15. The first kappa shape index (κ1) is 14.1. The Morgan fingerprint density at radius 1 is 1.42 bits per heavy atom. The molecule has 1 N–H and O–H groups in total. The maximum Gasteiger partial charge on any atom is 0.310 e. The number of piperidine rings is 1. The van der Waals surface area contributed by atoms with Crippen LogP contribution in [-0.4, -0.2) is 29.1 Å². The van der Waals surface area contributed by atoms with Crippen LogP contribution in [0.25, 0.3) is 0 Å². The minimum atomic E-state index is -0.639. The van der Waals surface area contributed by atoms with E-state index in [1.54, 1.807) is 0 Å². The summed E-state index contributed by atoms with van der Waals surface area (Å²) in [6, 6.07) is 10.6. The Bertz CT molecular complexity index is 432. The zero-order valence-electron chi connectivity index (χ0n) is 11.8. The number of carboxylic acid groups (broad SMARTS) is 1. The lowest BCUT2D eigenvalue weighted by Crippen LogP contribution is -2.48. The van der Waals surface area contributed by atoms with Crippen molar-refractivity contribution in [3.63, 3.8) is 0 Å². The third-order valence-electron chi connectivity index (χ3n) is 4.57. The van der Waals surface area contributed by atoms with Gasteiger partial charge in [0.25, 0.3) is 0 Å². The minimum absolute atomic E-state index is 0.284. The monoisotopic (exact) mass is 261 g/mol. The Kier molecular flexibility index (Phi) is 4.25. The molecule has 1 aromatic rings. The molecule has 2 rings (SSSR count). The van der Waals surface area contributed by atoms with Gasteiger partial charge in [-0.1, -0.05) is 37.3 Å². The number of carboxylic acids is 1. The summed E-state index contributed by atoms with van der Waals surface area (Å²) in [6.45, 7) is 5.81. The second-order valence-electron chi connectivity index (χ2n) is 5.60. The van der Waals surface area contributed by atoms with Crippen LogP contribution in [0.1, 0.15) is 44.7 Å². The van der Waals surface area contributed by atoms with Crippen LogP contribution in [0.3, 0.4) is 0 Å². The third kappa shape index (κ3) is 2.81. The Hall–Kier alpha value is -1.35. The van der Waals surface area contributed by atoms with Crippen LogP contribution in [0.4, 0.5) is 0 Å². The highest BCUT2D eigenvalue weighted by Crippen LogP contribution is 2.37. The molecule has 1 aromatic carbocycles. The van der Waals surface area contributed by atoms with E-state index in [-0.39, 0.29) is 6.04 Å². The van der Waals surface area contributed by atoms with Gasteiger partial charge in [0, 0.05) is 12.6 Å². The van der Waals surface area contributed by atoms with Gasteiger partial charge in [-0.3, -0.25) is 9.69 Å². The molecular weight excluding hydrogens is 238 g/mol. The second-order valence-corrected chi connectivity index (χ2v) is 5.60.